The minimum Gasteiger partial charge on any atom is -0.325 e. The Morgan fingerprint density at radius 3 is 2.79 bits per heavy atom. The first-order valence-electron chi connectivity index (χ1n) is 5.69. The molecule has 0 fully saturated rings. The summed E-state index contributed by atoms with van der Waals surface area (Å²) < 4.78 is 0. The molecule has 0 bridgehead atoms. The lowest BCUT2D eigenvalue weighted by atomic mass is 10.2. The van der Waals surface area contributed by atoms with Crippen molar-refractivity contribution in [1.29, 1.82) is 0 Å². The third kappa shape index (κ3) is 3.07. The average Bonchev–Trinajstić information content (AvgIpc) is 2.43. The van der Waals surface area contributed by atoms with E-state index in [9.17, 15) is 4.79 Å². The molecule has 2 aromatic heterocycles. The highest BCUT2D eigenvalue weighted by Crippen LogP contribution is 2.23. The van der Waals surface area contributed by atoms with Crippen LogP contribution in [-0.2, 0) is 6.54 Å². The molecule has 0 atom stereocenters. The van der Waals surface area contributed by atoms with Crippen molar-refractivity contribution in [3.05, 3.63) is 52.6 Å². The molecule has 0 unspecified atom stereocenters. The molecule has 2 heterocycles. The van der Waals surface area contributed by atoms with Crippen molar-refractivity contribution in [3.8, 4) is 0 Å². The predicted octanol–water partition coefficient (Wildman–Crippen LogP) is 2.15. The first-order valence-corrected chi connectivity index (χ1v) is 6.07. The number of nitrogens with zero attached hydrogens (tertiary/aromatic N) is 2. The molecule has 3 N–H and O–H groups in total. The number of amides is 1. The summed E-state index contributed by atoms with van der Waals surface area (Å²) in [5.41, 5.74) is 7.99. The molecular weight excluding hydrogens is 264 g/mol. The van der Waals surface area contributed by atoms with Gasteiger partial charge in [-0.25, -0.2) is 4.98 Å². The van der Waals surface area contributed by atoms with E-state index >= 15 is 0 Å². The number of hydrogen-bond acceptors (Lipinski definition) is 4. The van der Waals surface area contributed by atoms with Crippen molar-refractivity contribution < 1.29 is 4.79 Å². The SMILES string of the molecule is Cc1ccnc(Cl)c1NC(=O)c1ccnc(CN)c1. The molecule has 0 aliphatic rings. The number of carbonyl (C=O) groups is 1. The lowest BCUT2D eigenvalue weighted by molar-refractivity contribution is 0.102. The van der Waals surface area contributed by atoms with Gasteiger partial charge in [0.2, 0.25) is 0 Å². The highest BCUT2D eigenvalue weighted by Gasteiger charge is 2.11. The van der Waals surface area contributed by atoms with Gasteiger partial charge in [-0.3, -0.25) is 9.78 Å². The summed E-state index contributed by atoms with van der Waals surface area (Å²) in [6.07, 6.45) is 3.14. The molecule has 5 nitrogen and oxygen atoms in total. The van der Waals surface area contributed by atoms with Gasteiger partial charge >= 0.3 is 0 Å². The molecule has 0 aromatic carbocycles. The standard InChI is InChI=1S/C13H13ClN4O/c1-8-2-4-17-12(14)11(8)18-13(19)9-3-5-16-10(6-9)7-15/h2-6H,7,15H2,1H3,(H,18,19). The fraction of sp³-hybridized carbons (Fsp3) is 0.154. The minimum absolute atomic E-state index is 0.265. The van der Waals surface area contributed by atoms with E-state index < -0.39 is 0 Å². The molecule has 0 saturated heterocycles. The fourth-order valence-corrected chi connectivity index (χ4v) is 1.84. The molecular formula is C13H13ClN4O. The molecule has 98 valence electrons. The van der Waals surface area contributed by atoms with Crippen LogP contribution in [0.5, 0.6) is 0 Å². The second-order valence-corrected chi connectivity index (χ2v) is 4.35. The molecule has 0 saturated carbocycles. The van der Waals surface area contributed by atoms with E-state index in [0.29, 0.717) is 16.9 Å². The van der Waals surface area contributed by atoms with Crippen LogP contribution in [0.4, 0.5) is 5.69 Å². The molecule has 0 radical (unpaired) electrons. The maximum absolute atomic E-state index is 12.1. The van der Waals surface area contributed by atoms with Gasteiger partial charge in [0.1, 0.15) is 0 Å². The van der Waals surface area contributed by atoms with Crippen LogP contribution in [0.3, 0.4) is 0 Å². The largest absolute Gasteiger partial charge is 0.325 e. The van der Waals surface area contributed by atoms with Gasteiger partial charge in [0.15, 0.2) is 5.15 Å². The Morgan fingerprint density at radius 2 is 2.11 bits per heavy atom. The molecule has 6 heteroatoms. The van der Waals surface area contributed by atoms with Crippen molar-refractivity contribution in [2.24, 2.45) is 5.73 Å². The molecule has 0 aliphatic carbocycles. The van der Waals surface area contributed by atoms with Gasteiger partial charge in [-0.2, -0.15) is 0 Å². The van der Waals surface area contributed by atoms with Crippen LogP contribution in [0.1, 0.15) is 21.6 Å². The number of nitrogens with one attached hydrogen (secondary N) is 1. The Morgan fingerprint density at radius 1 is 1.37 bits per heavy atom. The zero-order valence-corrected chi connectivity index (χ0v) is 11.1. The summed E-state index contributed by atoms with van der Waals surface area (Å²) in [5, 5.41) is 3.01. The molecule has 19 heavy (non-hydrogen) atoms. The number of halogens is 1. The zero-order chi connectivity index (χ0) is 13.8. The van der Waals surface area contributed by atoms with Gasteiger partial charge in [-0.1, -0.05) is 11.6 Å². The molecule has 1 amide bonds. The predicted molar refractivity (Wildman–Crippen MR) is 74.1 cm³/mol. The molecule has 2 aromatic rings. The van der Waals surface area contributed by atoms with E-state index in [0.717, 1.165) is 5.56 Å². The Hall–Kier alpha value is -1.98. The van der Waals surface area contributed by atoms with E-state index in [1.54, 1.807) is 30.6 Å². The van der Waals surface area contributed by atoms with E-state index in [2.05, 4.69) is 15.3 Å². The molecule has 2 rings (SSSR count). The maximum Gasteiger partial charge on any atom is 0.255 e. The number of aryl methyl sites for hydroxylation is 1. The smallest absolute Gasteiger partial charge is 0.255 e. The van der Waals surface area contributed by atoms with Crippen molar-refractivity contribution in [2.45, 2.75) is 13.5 Å². The summed E-state index contributed by atoms with van der Waals surface area (Å²) in [7, 11) is 0. The van der Waals surface area contributed by atoms with Crippen LogP contribution >= 0.6 is 11.6 Å². The van der Waals surface area contributed by atoms with Gasteiger partial charge < -0.3 is 11.1 Å². The van der Waals surface area contributed by atoms with Crippen molar-refractivity contribution in [1.82, 2.24) is 9.97 Å². The number of pyridine rings is 2. The van der Waals surface area contributed by atoms with Gasteiger partial charge in [-0.15, -0.1) is 0 Å². The molecule has 0 spiro atoms. The normalized spacial score (nSPS) is 10.3. The van der Waals surface area contributed by atoms with E-state index in [-0.39, 0.29) is 17.6 Å². The topological polar surface area (TPSA) is 80.9 Å². The second-order valence-electron chi connectivity index (χ2n) is 3.99. The van der Waals surface area contributed by atoms with Crippen LogP contribution in [0.15, 0.2) is 30.6 Å². The third-order valence-electron chi connectivity index (χ3n) is 2.64. The highest BCUT2D eigenvalue weighted by atomic mass is 35.5. The zero-order valence-electron chi connectivity index (χ0n) is 10.4. The first-order chi connectivity index (χ1) is 9.11. The van der Waals surface area contributed by atoms with Crippen LogP contribution in [0.25, 0.3) is 0 Å². The number of hydrogen-bond donors (Lipinski definition) is 2. The fourth-order valence-electron chi connectivity index (χ4n) is 1.59. The number of nitrogens with two attached hydrogens (primary N) is 1. The second kappa shape index (κ2) is 5.77. The van der Waals surface area contributed by atoms with Gasteiger partial charge in [0.05, 0.1) is 11.4 Å². The summed E-state index contributed by atoms with van der Waals surface area (Å²) in [6, 6.07) is 5.04. The van der Waals surface area contributed by atoms with Crippen molar-refractivity contribution in [3.63, 3.8) is 0 Å². The van der Waals surface area contributed by atoms with Gasteiger partial charge in [-0.05, 0) is 30.7 Å². The summed E-state index contributed by atoms with van der Waals surface area (Å²) in [6.45, 7) is 2.13. The summed E-state index contributed by atoms with van der Waals surface area (Å²) >= 11 is 5.96. The first kappa shape index (κ1) is 13.5. The summed E-state index contributed by atoms with van der Waals surface area (Å²) in [4.78, 5) is 20.1. The monoisotopic (exact) mass is 276 g/mol. The number of carbonyl (C=O) groups excluding carboxylic acids is 1. The highest BCUT2D eigenvalue weighted by molar-refractivity contribution is 6.32. The average molecular weight is 277 g/mol. The Bertz CT molecular complexity index is 595. The Balaban J connectivity index is 2.25. The van der Waals surface area contributed by atoms with Crippen LogP contribution in [0.2, 0.25) is 5.15 Å². The Labute approximate surface area is 115 Å². The number of rotatable bonds is 3. The maximum atomic E-state index is 12.1. The van der Waals surface area contributed by atoms with Crippen molar-refractivity contribution in [2.75, 3.05) is 5.32 Å². The van der Waals surface area contributed by atoms with Gasteiger partial charge in [0.25, 0.3) is 5.91 Å². The van der Waals surface area contributed by atoms with E-state index in [4.69, 9.17) is 17.3 Å². The summed E-state index contributed by atoms with van der Waals surface area (Å²) in [5.74, 6) is -0.268. The lowest BCUT2D eigenvalue weighted by Gasteiger charge is -2.09. The van der Waals surface area contributed by atoms with Crippen LogP contribution < -0.4 is 11.1 Å². The van der Waals surface area contributed by atoms with E-state index in [1.807, 2.05) is 6.92 Å². The quantitative estimate of drug-likeness (QED) is 0.842. The van der Waals surface area contributed by atoms with Crippen molar-refractivity contribution >= 4 is 23.2 Å². The third-order valence-corrected chi connectivity index (χ3v) is 2.93. The minimum atomic E-state index is -0.268. The van der Waals surface area contributed by atoms with Crippen LogP contribution in [-0.4, -0.2) is 15.9 Å². The number of aromatic nitrogens is 2. The lowest BCUT2D eigenvalue weighted by Crippen LogP contribution is -2.14. The number of anilines is 1. The Kier molecular flexibility index (Phi) is 4.09. The van der Waals surface area contributed by atoms with E-state index in [1.165, 1.54) is 0 Å². The van der Waals surface area contributed by atoms with Crippen LogP contribution in [0, 0.1) is 6.92 Å². The molecule has 0 aliphatic heterocycles. The van der Waals surface area contributed by atoms with Gasteiger partial charge in [0, 0.05) is 24.5 Å².